The lowest BCUT2D eigenvalue weighted by atomic mass is 10.1. The monoisotopic (exact) mass is 144 g/mol. The highest BCUT2D eigenvalue weighted by Gasteiger charge is 2.27. The lowest BCUT2D eigenvalue weighted by Crippen LogP contribution is -2.44. The zero-order valence-corrected chi connectivity index (χ0v) is 6.92. The summed E-state index contributed by atoms with van der Waals surface area (Å²) < 4.78 is 5.32. The van der Waals surface area contributed by atoms with E-state index in [2.05, 4.69) is 24.3 Å². The molecule has 1 aliphatic rings. The van der Waals surface area contributed by atoms with Crippen LogP contribution in [0.1, 0.15) is 0 Å². The minimum Gasteiger partial charge on any atom is -0.378 e. The minimum atomic E-state index is 0.509. The lowest BCUT2D eigenvalue weighted by Gasteiger charge is -2.23. The molecule has 10 heavy (non-hydrogen) atoms. The average Bonchev–Trinajstić information content (AvgIpc) is 2.33. The Morgan fingerprint density at radius 2 is 2.10 bits per heavy atom. The van der Waals surface area contributed by atoms with Gasteiger partial charge in [-0.15, -0.1) is 0 Å². The molecule has 2 atom stereocenters. The summed E-state index contributed by atoms with van der Waals surface area (Å²) in [6, 6.07) is 1.06. The maximum Gasteiger partial charge on any atom is 0.0638 e. The second-order valence-corrected chi connectivity index (χ2v) is 2.96. The Morgan fingerprint density at radius 1 is 1.40 bits per heavy atom. The Bertz CT molecular complexity index is 106. The highest BCUT2D eigenvalue weighted by atomic mass is 16.5. The normalized spacial score (nSPS) is 33.6. The van der Waals surface area contributed by atoms with Gasteiger partial charge in [0.15, 0.2) is 0 Å². The van der Waals surface area contributed by atoms with E-state index >= 15 is 0 Å². The molecule has 0 spiro atoms. The number of ether oxygens (including phenoxy) is 1. The molecule has 3 heteroatoms. The van der Waals surface area contributed by atoms with E-state index in [1.54, 1.807) is 0 Å². The van der Waals surface area contributed by atoms with Crippen LogP contribution in [-0.4, -0.2) is 51.3 Å². The summed E-state index contributed by atoms with van der Waals surface area (Å²) in [4.78, 5) is 2.20. The highest BCUT2D eigenvalue weighted by Crippen LogP contribution is 2.09. The molecule has 1 aliphatic heterocycles. The molecule has 0 aliphatic carbocycles. The van der Waals surface area contributed by atoms with Gasteiger partial charge < -0.3 is 15.0 Å². The summed E-state index contributed by atoms with van der Waals surface area (Å²) in [7, 11) is 6.16. The number of rotatable bonds is 2. The fourth-order valence-corrected chi connectivity index (χ4v) is 1.33. The Balaban J connectivity index is 2.42. The van der Waals surface area contributed by atoms with Gasteiger partial charge in [-0.1, -0.05) is 0 Å². The van der Waals surface area contributed by atoms with Crippen molar-refractivity contribution in [1.82, 2.24) is 10.2 Å². The summed E-state index contributed by atoms with van der Waals surface area (Å²) in [5.74, 6) is 0. The van der Waals surface area contributed by atoms with Crippen molar-refractivity contribution in [1.29, 1.82) is 0 Å². The van der Waals surface area contributed by atoms with E-state index in [4.69, 9.17) is 4.74 Å². The molecule has 1 rings (SSSR count). The summed E-state index contributed by atoms with van der Waals surface area (Å²) in [5, 5.41) is 3.23. The topological polar surface area (TPSA) is 24.5 Å². The first kappa shape index (κ1) is 7.98. The van der Waals surface area contributed by atoms with Gasteiger partial charge in [-0.2, -0.15) is 0 Å². The predicted molar refractivity (Wildman–Crippen MR) is 41.1 cm³/mol. The van der Waals surface area contributed by atoms with E-state index < -0.39 is 0 Å². The third kappa shape index (κ3) is 1.48. The van der Waals surface area contributed by atoms with Crippen LogP contribution in [0.2, 0.25) is 0 Å². The minimum absolute atomic E-state index is 0.509. The second kappa shape index (κ2) is 3.32. The van der Waals surface area contributed by atoms with Crippen molar-refractivity contribution in [3.8, 4) is 0 Å². The standard InChI is InChI=1S/C7H16N2O/c1-8-6-4-10-5-7(6)9(2)3/h6-8H,4-5H2,1-3H3/t6-,7-/m1/s1. The maximum absolute atomic E-state index is 5.32. The second-order valence-electron chi connectivity index (χ2n) is 2.96. The number of hydrogen-bond donors (Lipinski definition) is 1. The van der Waals surface area contributed by atoms with Crippen LogP contribution in [0.5, 0.6) is 0 Å². The fraction of sp³-hybridized carbons (Fsp3) is 1.00. The van der Waals surface area contributed by atoms with Crippen LogP contribution in [0.3, 0.4) is 0 Å². The molecule has 1 fully saturated rings. The van der Waals surface area contributed by atoms with Gasteiger partial charge in [0.25, 0.3) is 0 Å². The highest BCUT2D eigenvalue weighted by molar-refractivity contribution is 4.85. The molecule has 60 valence electrons. The Kier molecular flexibility index (Phi) is 2.65. The van der Waals surface area contributed by atoms with Gasteiger partial charge in [-0.25, -0.2) is 0 Å². The molecule has 0 aromatic heterocycles. The number of likely N-dealkylation sites (N-methyl/N-ethyl adjacent to an activating group) is 2. The first-order valence-electron chi connectivity index (χ1n) is 3.67. The third-order valence-electron chi connectivity index (χ3n) is 2.08. The summed E-state index contributed by atoms with van der Waals surface area (Å²) >= 11 is 0. The molecule has 0 amide bonds. The molecule has 0 radical (unpaired) electrons. The molecular formula is C7H16N2O. The van der Waals surface area contributed by atoms with Gasteiger partial charge in [0, 0.05) is 12.1 Å². The van der Waals surface area contributed by atoms with E-state index in [1.807, 2.05) is 7.05 Å². The van der Waals surface area contributed by atoms with Gasteiger partial charge in [0.1, 0.15) is 0 Å². The molecule has 3 nitrogen and oxygen atoms in total. The van der Waals surface area contributed by atoms with E-state index in [-0.39, 0.29) is 0 Å². The van der Waals surface area contributed by atoms with Gasteiger partial charge in [-0.05, 0) is 21.1 Å². The number of nitrogens with zero attached hydrogens (tertiary/aromatic N) is 1. The van der Waals surface area contributed by atoms with Crippen molar-refractivity contribution in [2.45, 2.75) is 12.1 Å². The predicted octanol–water partition coefficient (Wildman–Crippen LogP) is -0.465. The van der Waals surface area contributed by atoms with Gasteiger partial charge in [0.05, 0.1) is 13.2 Å². The Morgan fingerprint density at radius 3 is 2.50 bits per heavy atom. The van der Waals surface area contributed by atoms with E-state index in [9.17, 15) is 0 Å². The molecule has 1 heterocycles. The summed E-state index contributed by atoms with van der Waals surface area (Å²) in [6.07, 6.45) is 0. The fourth-order valence-electron chi connectivity index (χ4n) is 1.33. The van der Waals surface area contributed by atoms with Gasteiger partial charge >= 0.3 is 0 Å². The first-order valence-corrected chi connectivity index (χ1v) is 3.67. The van der Waals surface area contributed by atoms with Crippen molar-refractivity contribution in [3.05, 3.63) is 0 Å². The molecule has 1 N–H and O–H groups in total. The Hall–Kier alpha value is -0.120. The molecule has 0 unspecified atom stereocenters. The smallest absolute Gasteiger partial charge is 0.0638 e. The summed E-state index contributed by atoms with van der Waals surface area (Å²) in [6.45, 7) is 1.71. The van der Waals surface area contributed by atoms with Crippen molar-refractivity contribution < 1.29 is 4.74 Å². The SMILES string of the molecule is CN[C@@H]1COC[C@H]1N(C)C. The molecule has 0 saturated carbocycles. The molecule has 0 aromatic rings. The van der Waals surface area contributed by atoms with Crippen molar-refractivity contribution in [2.75, 3.05) is 34.4 Å². The van der Waals surface area contributed by atoms with Crippen LogP contribution in [0.4, 0.5) is 0 Å². The number of hydrogen-bond acceptors (Lipinski definition) is 3. The van der Waals surface area contributed by atoms with Crippen LogP contribution < -0.4 is 5.32 Å². The first-order chi connectivity index (χ1) is 4.75. The largest absolute Gasteiger partial charge is 0.378 e. The molecular weight excluding hydrogens is 128 g/mol. The molecule has 1 saturated heterocycles. The van der Waals surface area contributed by atoms with Crippen molar-refractivity contribution >= 4 is 0 Å². The molecule has 0 bridgehead atoms. The quantitative estimate of drug-likeness (QED) is 0.567. The van der Waals surface area contributed by atoms with Crippen molar-refractivity contribution in [2.24, 2.45) is 0 Å². The Labute approximate surface area is 62.3 Å². The van der Waals surface area contributed by atoms with E-state index in [1.165, 1.54) is 0 Å². The van der Waals surface area contributed by atoms with E-state index in [0.29, 0.717) is 12.1 Å². The van der Waals surface area contributed by atoms with Crippen LogP contribution in [0, 0.1) is 0 Å². The maximum atomic E-state index is 5.32. The molecule has 0 aromatic carbocycles. The average molecular weight is 144 g/mol. The zero-order chi connectivity index (χ0) is 7.56. The van der Waals surface area contributed by atoms with Crippen LogP contribution in [0.15, 0.2) is 0 Å². The number of nitrogens with one attached hydrogen (secondary N) is 1. The van der Waals surface area contributed by atoms with Crippen molar-refractivity contribution in [3.63, 3.8) is 0 Å². The third-order valence-corrected chi connectivity index (χ3v) is 2.08. The zero-order valence-electron chi connectivity index (χ0n) is 6.92. The van der Waals surface area contributed by atoms with Crippen LogP contribution in [-0.2, 0) is 4.74 Å². The lowest BCUT2D eigenvalue weighted by molar-refractivity contribution is 0.170. The van der Waals surface area contributed by atoms with E-state index in [0.717, 1.165) is 13.2 Å². The van der Waals surface area contributed by atoms with Gasteiger partial charge in [-0.3, -0.25) is 0 Å². The summed E-state index contributed by atoms with van der Waals surface area (Å²) in [5.41, 5.74) is 0. The van der Waals surface area contributed by atoms with Crippen LogP contribution >= 0.6 is 0 Å². The van der Waals surface area contributed by atoms with Gasteiger partial charge in [0.2, 0.25) is 0 Å². The van der Waals surface area contributed by atoms with Crippen LogP contribution in [0.25, 0.3) is 0 Å².